The van der Waals surface area contributed by atoms with Crippen molar-refractivity contribution >= 4 is 5.78 Å². The Morgan fingerprint density at radius 3 is 2.31 bits per heavy atom. The lowest BCUT2D eigenvalue weighted by Crippen LogP contribution is -2.48. The van der Waals surface area contributed by atoms with Crippen LogP contribution in [-0.4, -0.2) is 30.3 Å². The Labute approximate surface area is 81.3 Å². The highest BCUT2D eigenvalue weighted by Gasteiger charge is 2.35. The van der Waals surface area contributed by atoms with E-state index in [1.807, 2.05) is 14.0 Å². The number of hydrogen-bond donors (Lipinski definition) is 0. The molecule has 1 saturated heterocycles. The molecule has 2 nitrogen and oxygen atoms in total. The number of nitrogens with zero attached hydrogens (tertiary/aromatic N) is 1. The third-order valence-corrected chi connectivity index (χ3v) is 3.31. The largest absolute Gasteiger partial charge is 0.298 e. The van der Waals surface area contributed by atoms with Crippen LogP contribution in [0.5, 0.6) is 0 Å². The number of piperidine rings is 1. The Kier molecular flexibility index (Phi) is 2.81. The molecule has 0 N–H and O–H groups in total. The van der Waals surface area contributed by atoms with Crippen molar-refractivity contribution in [2.45, 2.75) is 40.2 Å². The molecule has 0 aromatic heterocycles. The average Bonchev–Trinajstić information content (AvgIpc) is 1.97. The van der Waals surface area contributed by atoms with Gasteiger partial charge in [0.2, 0.25) is 0 Å². The maximum atomic E-state index is 11.6. The molecule has 0 aromatic rings. The zero-order valence-electron chi connectivity index (χ0n) is 9.42. The Bertz CT molecular complexity index is 205. The van der Waals surface area contributed by atoms with E-state index in [0.717, 1.165) is 13.0 Å². The van der Waals surface area contributed by atoms with E-state index in [4.69, 9.17) is 0 Å². The molecule has 1 aliphatic heterocycles. The van der Waals surface area contributed by atoms with Crippen LogP contribution in [0.25, 0.3) is 0 Å². The number of likely N-dealkylation sites (tertiary alicyclic amines) is 1. The van der Waals surface area contributed by atoms with E-state index >= 15 is 0 Å². The first-order valence-electron chi connectivity index (χ1n) is 5.05. The SMILES string of the molecule is C[C@H]1C(=O)C[C@@H](C(C)(C)C)CN1C. The molecule has 76 valence electrons. The van der Waals surface area contributed by atoms with E-state index in [9.17, 15) is 4.79 Å². The Morgan fingerprint density at radius 2 is 1.92 bits per heavy atom. The third kappa shape index (κ3) is 2.31. The molecular formula is C11H21NO. The number of Topliss-reactive ketones (excluding diaryl/α,β-unsaturated/α-hetero) is 1. The molecule has 0 spiro atoms. The van der Waals surface area contributed by atoms with Crippen LogP contribution in [-0.2, 0) is 4.79 Å². The van der Waals surface area contributed by atoms with Crippen molar-refractivity contribution < 1.29 is 4.79 Å². The molecule has 0 amide bonds. The minimum absolute atomic E-state index is 0.124. The summed E-state index contributed by atoms with van der Waals surface area (Å²) in [6, 6.07) is 0.124. The van der Waals surface area contributed by atoms with Gasteiger partial charge in [-0.05, 0) is 25.3 Å². The minimum atomic E-state index is 0.124. The number of hydrogen-bond acceptors (Lipinski definition) is 2. The van der Waals surface area contributed by atoms with E-state index in [1.54, 1.807) is 0 Å². The second-order valence-electron chi connectivity index (χ2n) is 5.35. The molecule has 0 bridgehead atoms. The van der Waals surface area contributed by atoms with E-state index in [1.165, 1.54) is 0 Å². The van der Waals surface area contributed by atoms with Gasteiger partial charge in [-0.25, -0.2) is 0 Å². The summed E-state index contributed by atoms with van der Waals surface area (Å²) in [5, 5.41) is 0. The standard InChI is InChI=1S/C11H21NO/c1-8-10(13)6-9(7-12(8)5)11(2,3)4/h8-9H,6-7H2,1-5H3/t8-,9+/m0/s1. The quantitative estimate of drug-likeness (QED) is 0.572. The van der Waals surface area contributed by atoms with Crippen molar-refractivity contribution in [1.29, 1.82) is 0 Å². The van der Waals surface area contributed by atoms with Crippen molar-refractivity contribution in [2.24, 2.45) is 11.3 Å². The zero-order chi connectivity index (χ0) is 10.2. The molecule has 2 heteroatoms. The number of rotatable bonds is 0. The van der Waals surface area contributed by atoms with Crippen LogP contribution >= 0.6 is 0 Å². The smallest absolute Gasteiger partial charge is 0.150 e. The molecule has 1 aliphatic rings. The molecule has 0 unspecified atom stereocenters. The molecule has 0 aliphatic carbocycles. The molecule has 2 atom stereocenters. The second-order valence-corrected chi connectivity index (χ2v) is 5.35. The molecule has 13 heavy (non-hydrogen) atoms. The topological polar surface area (TPSA) is 20.3 Å². The Hall–Kier alpha value is -0.370. The first-order chi connectivity index (χ1) is 5.82. The van der Waals surface area contributed by atoms with Gasteiger partial charge in [-0.15, -0.1) is 0 Å². The van der Waals surface area contributed by atoms with Crippen LogP contribution in [0.4, 0.5) is 0 Å². The predicted molar refractivity (Wildman–Crippen MR) is 54.7 cm³/mol. The number of carbonyl (C=O) groups is 1. The fraction of sp³-hybridized carbons (Fsp3) is 0.909. The van der Waals surface area contributed by atoms with Gasteiger partial charge in [0, 0.05) is 13.0 Å². The second kappa shape index (κ2) is 3.41. The van der Waals surface area contributed by atoms with Crippen LogP contribution in [0, 0.1) is 11.3 Å². The van der Waals surface area contributed by atoms with Crippen molar-refractivity contribution in [3.63, 3.8) is 0 Å². The van der Waals surface area contributed by atoms with Crippen molar-refractivity contribution in [2.75, 3.05) is 13.6 Å². The summed E-state index contributed by atoms with van der Waals surface area (Å²) in [6.07, 6.45) is 0.759. The van der Waals surface area contributed by atoms with Gasteiger partial charge in [0.25, 0.3) is 0 Å². The lowest BCUT2D eigenvalue weighted by Gasteiger charge is -2.40. The fourth-order valence-electron chi connectivity index (χ4n) is 1.81. The Morgan fingerprint density at radius 1 is 1.38 bits per heavy atom. The normalized spacial score (nSPS) is 32.2. The molecule has 1 heterocycles. The first kappa shape index (κ1) is 10.7. The van der Waals surface area contributed by atoms with Crippen LogP contribution in [0.15, 0.2) is 0 Å². The summed E-state index contributed by atoms with van der Waals surface area (Å²) >= 11 is 0. The fourth-order valence-corrected chi connectivity index (χ4v) is 1.81. The first-order valence-corrected chi connectivity index (χ1v) is 5.05. The monoisotopic (exact) mass is 183 g/mol. The van der Waals surface area contributed by atoms with Gasteiger partial charge in [0.05, 0.1) is 6.04 Å². The van der Waals surface area contributed by atoms with Crippen molar-refractivity contribution in [1.82, 2.24) is 4.90 Å². The highest BCUT2D eigenvalue weighted by molar-refractivity contribution is 5.84. The van der Waals surface area contributed by atoms with Crippen LogP contribution in [0.1, 0.15) is 34.1 Å². The van der Waals surface area contributed by atoms with Gasteiger partial charge >= 0.3 is 0 Å². The van der Waals surface area contributed by atoms with Gasteiger partial charge in [-0.1, -0.05) is 20.8 Å². The van der Waals surface area contributed by atoms with Crippen molar-refractivity contribution in [3.8, 4) is 0 Å². The average molecular weight is 183 g/mol. The molecule has 0 aromatic carbocycles. The van der Waals surface area contributed by atoms with Gasteiger partial charge in [0.15, 0.2) is 0 Å². The van der Waals surface area contributed by atoms with Gasteiger partial charge in [0.1, 0.15) is 5.78 Å². The maximum Gasteiger partial charge on any atom is 0.150 e. The number of carbonyl (C=O) groups excluding carboxylic acids is 1. The third-order valence-electron chi connectivity index (χ3n) is 3.31. The van der Waals surface area contributed by atoms with Crippen LogP contribution in [0.2, 0.25) is 0 Å². The molecule has 0 saturated carbocycles. The van der Waals surface area contributed by atoms with Gasteiger partial charge < -0.3 is 0 Å². The molecule has 0 radical (unpaired) electrons. The predicted octanol–water partition coefficient (Wildman–Crippen LogP) is 1.94. The van der Waals surface area contributed by atoms with E-state index in [-0.39, 0.29) is 11.5 Å². The highest BCUT2D eigenvalue weighted by Crippen LogP contribution is 2.33. The summed E-state index contributed by atoms with van der Waals surface area (Å²) in [5.74, 6) is 0.912. The lowest BCUT2D eigenvalue weighted by atomic mass is 9.75. The molecule has 1 rings (SSSR count). The number of ketones is 1. The highest BCUT2D eigenvalue weighted by atomic mass is 16.1. The molecular weight excluding hydrogens is 162 g/mol. The Balaban J connectivity index is 2.69. The number of likely N-dealkylation sites (N-methyl/N-ethyl adjacent to an activating group) is 1. The summed E-state index contributed by atoms with van der Waals surface area (Å²) in [4.78, 5) is 13.8. The summed E-state index contributed by atoms with van der Waals surface area (Å²) in [6.45, 7) is 9.70. The van der Waals surface area contributed by atoms with Gasteiger partial charge in [-0.3, -0.25) is 9.69 Å². The van der Waals surface area contributed by atoms with E-state index in [2.05, 4.69) is 25.7 Å². The lowest BCUT2D eigenvalue weighted by molar-refractivity contribution is -0.129. The van der Waals surface area contributed by atoms with Crippen molar-refractivity contribution in [3.05, 3.63) is 0 Å². The summed E-state index contributed by atoms with van der Waals surface area (Å²) in [7, 11) is 2.04. The van der Waals surface area contributed by atoms with Crippen LogP contribution < -0.4 is 0 Å². The van der Waals surface area contributed by atoms with E-state index in [0.29, 0.717) is 11.7 Å². The summed E-state index contributed by atoms with van der Waals surface area (Å²) < 4.78 is 0. The van der Waals surface area contributed by atoms with Gasteiger partial charge in [-0.2, -0.15) is 0 Å². The minimum Gasteiger partial charge on any atom is -0.298 e. The van der Waals surface area contributed by atoms with E-state index < -0.39 is 0 Å². The zero-order valence-corrected chi connectivity index (χ0v) is 9.42. The summed E-state index contributed by atoms with van der Waals surface area (Å²) in [5.41, 5.74) is 0.254. The molecule has 1 fully saturated rings. The van der Waals surface area contributed by atoms with Crippen LogP contribution in [0.3, 0.4) is 0 Å². The maximum absolute atomic E-state index is 11.6.